The molecule has 35 heavy (non-hydrogen) atoms. The van der Waals surface area contributed by atoms with E-state index in [9.17, 15) is 19.5 Å². The number of nitrogens with zero attached hydrogens (tertiary/aromatic N) is 3. The second kappa shape index (κ2) is 9.77. The molecular weight excluding hydrogens is 516 g/mol. The highest BCUT2D eigenvalue weighted by atomic mass is 79.9. The van der Waals surface area contributed by atoms with Crippen LogP contribution in [0.2, 0.25) is 0 Å². The Kier molecular flexibility index (Phi) is 7.35. The number of amides is 1. The van der Waals surface area contributed by atoms with Crippen LogP contribution in [0, 0.1) is 5.41 Å². The maximum absolute atomic E-state index is 13.4. The summed E-state index contributed by atoms with van der Waals surface area (Å²) in [4.78, 5) is 44.6. The Morgan fingerprint density at radius 3 is 2.54 bits per heavy atom. The molecule has 3 heterocycles. The zero-order valence-corrected chi connectivity index (χ0v) is 21.9. The fourth-order valence-electron chi connectivity index (χ4n) is 4.23. The van der Waals surface area contributed by atoms with Gasteiger partial charge in [0.25, 0.3) is 5.91 Å². The summed E-state index contributed by atoms with van der Waals surface area (Å²) >= 11 is 0. The van der Waals surface area contributed by atoms with E-state index in [-0.39, 0.29) is 47.4 Å². The Morgan fingerprint density at radius 2 is 1.91 bits per heavy atom. The van der Waals surface area contributed by atoms with Crippen LogP contribution in [-0.2, 0) is 28.0 Å². The van der Waals surface area contributed by atoms with Crippen LogP contribution in [-0.4, -0.2) is 58.2 Å². The molecule has 0 unspecified atom stereocenters. The number of hydrogen-bond acceptors (Lipinski definition) is 6. The van der Waals surface area contributed by atoms with Gasteiger partial charge in [0.05, 0.1) is 12.2 Å². The van der Waals surface area contributed by atoms with Gasteiger partial charge in [-0.05, 0) is 30.0 Å². The molecule has 9 nitrogen and oxygen atoms in total. The molecule has 2 aliphatic heterocycles. The highest BCUT2D eigenvalue weighted by Gasteiger charge is 2.34. The van der Waals surface area contributed by atoms with Gasteiger partial charge in [0.15, 0.2) is 12.4 Å². The molecule has 1 aromatic carbocycles. The molecule has 2 aliphatic rings. The van der Waals surface area contributed by atoms with Crippen LogP contribution in [0.25, 0.3) is 0 Å². The minimum absolute atomic E-state index is 0. The summed E-state index contributed by atoms with van der Waals surface area (Å²) in [6, 6.07) is 7.15. The normalized spacial score (nSPS) is 14.7. The lowest BCUT2D eigenvalue weighted by atomic mass is 9.84. The van der Waals surface area contributed by atoms with Gasteiger partial charge in [-0.25, -0.2) is 4.98 Å². The fourth-order valence-corrected chi connectivity index (χ4v) is 4.23. The predicted molar refractivity (Wildman–Crippen MR) is 136 cm³/mol. The van der Waals surface area contributed by atoms with Crippen molar-refractivity contribution in [3.8, 4) is 5.75 Å². The molecule has 1 aromatic heterocycles. The number of ether oxygens (including phenoxy) is 1. The Hall–Kier alpha value is -3.27. The third kappa shape index (κ3) is 5.07. The second-order valence-electron chi connectivity index (χ2n) is 9.58. The van der Waals surface area contributed by atoms with Crippen LogP contribution >= 0.6 is 17.0 Å². The van der Waals surface area contributed by atoms with Crippen LogP contribution in [0.5, 0.6) is 5.75 Å². The maximum atomic E-state index is 13.4. The van der Waals surface area contributed by atoms with E-state index >= 15 is 0 Å². The van der Waals surface area contributed by atoms with E-state index in [1.165, 1.54) is 6.07 Å². The molecule has 0 bridgehead atoms. The molecule has 0 aliphatic carbocycles. The molecule has 0 saturated carbocycles. The summed E-state index contributed by atoms with van der Waals surface area (Å²) in [5.74, 6) is -1.25. The van der Waals surface area contributed by atoms with E-state index in [4.69, 9.17) is 10.1 Å². The first kappa shape index (κ1) is 26.3. The number of carbonyl (C=O) groups excluding carboxylic acids is 2. The zero-order chi connectivity index (χ0) is 24.8. The Bertz CT molecular complexity index is 1220. The minimum atomic E-state index is -1.16. The number of aliphatic carboxylic acids is 1. The Morgan fingerprint density at radius 1 is 1.20 bits per heavy atom. The zero-order valence-electron chi connectivity index (χ0n) is 20.2. The van der Waals surface area contributed by atoms with Gasteiger partial charge in [-0.1, -0.05) is 33.8 Å². The van der Waals surface area contributed by atoms with Crippen LogP contribution in [0.15, 0.2) is 24.3 Å². The molecular formula is C25H29BrN4O5. The minimum Gasteiger partial charge on any atom is -0.481 e. The largest absolute Gasteiger partial charge is 0.481 e. The third-order valence-corrected chi connectivity index (χ3v) is 6.06. The molecule has 0 fully saturated rings. The van der Waals surface area contributed by atoms with E-state index in [1.54, 1.807) is 11.0 Å². The number of rotatable bonds is 6. The van der Waals surface area contributed by atoms with Gasteiger partial charge < -0.3 is 14.7 Å². The SMILES string of the molecule is Br.CCc1ccc2c(n1)C(=N)N(CC(=O)c1cc3c(c(C(C)(C)C)c1)OCC(=O)N3CC(=O)O)C2. The number of aromatic nitrogens is 1. The summed E-state index contributed by atoms with van der Waals surface area (Å²) in [6.45, 7) is 7.49. The first-order valence-corrected chi connectivity index (χ1v) is 11.2. The van der Waals surface area contributed by atoms with E-state index in [1.807, 2.05) is 39.8 Å². The van der Waals surface area contributed by atoms with Gasteiger partial charge in [-0.3, -0.25) is 24.7 Å². The van der Waals surface area contributed by atoms with Crippen molar-refractivity contribution < 1.29 is 24.2 Å². The quantitative estimate of drug-likeness (QED) is 0.534. The van der Waals surface area contributed by atoms with Crippen molar-refractivity contribution in [3.63, 3.8) is 0 Å². The summed E-state index contributed by atoms with van der Waals surface area (Å²) in [7, 11) is 0. The molecule has 1 amide bonds. The topological polar surface area (TPSA) is 124 Å². The number of anilines is 1. The van der Waals surface area contributed by atoms with Gasteiger partial charge in [0.2, 0.25) is 0 Å². The van der Waals surface area contributed by atoms with Gasteiger partial charge >= 0.3 is 5.97 Å². The smallest absolute Gasteiger partial charge is 0.323 e. The van der Waals surface area contributed by atoms with Crippen molar-refractivity contribution in [2.45, 2.75) is 46.1 Å². The highest BCUT2D eigenvalue weighted by molar-refractivity contribution is 8.93. The number of aryl methyl sites for hydroxylation is 1. The summed E-state index contributed by atoms with van der Waals surface area (Å²) < 4.78 is 5.71. The standard InChI is InChI=1S/C25H28N4O5.BrH/c1-5-16-7-6-14-10-28(24(26)22(14)27-16)11-19(30)15-8-17(25(2,3)4)23-18(9-15)29(12-21(32)33)20(31)13-34-23;/h6-9,26H,5,10-13H2,1-4H3,(H,32,33);1H. The number of carbonyl (C=O) groups is 3. The molecule has 186 valence electrons. The fraction of sp³-hybridized carbons (Fsp3) is 0.400. The molecule has 2 aromatic rings. The van der Waals surface area contributed by atoms with Crippen molar-refractivity contribution in [2.75, 3.05) is 24.6 Å². The van der Waals surface area contributed by atoms with E-state index < -0.39 is 23.8 Å². The highest BCUT2D eigenvalue weighted by Crippen LogP contribution is 2.42. The third-order valence-electron chi connectivity index (χ3n) is 6.06. The molecule has 0 radical (unpaired) electrons. The van der Waals surface area contributed by atoms with Gasteiger partial charge in [-0.2, -0.15) is 0 Å². The first-order chi connectivity index (χ1) is 16.0. The van der Waals surface area contributed by atoms with Crippen molar-refractivity contribution in [3.05, 3.63) is 52.3 Å². The lowest BCUT2D eigenvalue weighted by molar-refractivity contribution is -0.137. The van der Waals surface area contributed by atoms with Crippen molar-refractivity contribution in [2.24, 2.45) is 0 Å². The lowest BCUT2D eigenvalue weighted by Crippen LogP contribution is -2.42. The number of ketones is 1. The Balaban J connectivity index is 0.00000342. The summed E-state index contributed by atoms with van der Waals surface area (Å²) in [5.41, 5.74) is 3.30. The van der Waals surface area contributed by atoms with Crippen LogP contribution in [0.1, 0.15) is 60.6 Å². The van der Waals surface area contributed by atoms with Gasteiger partial charge in [0.1, 0.15) is 23.8 Å². The Labute approximate surface area is 214 Å². The molecule has 10 heteroatoms. The van der Waals surface area contributed by atoms with E-state index in [0.29, 0.717) is 29.1 Å². The predicted octanol–water partition coefficient (Wildman–Crippen LogP) is 3.35. The summed E-state index contributed by atoms with van der Waals surface area (Å²) in [6.07, 6.45) is 0.762. The number of nitrogens with one attached hydrogen (secondary N) is 1. The average Bonchev–Trinajstić information content (AvgIpc) is 3.08. The number of pyridine rings is 1. The lowest BCUT2D eigenvalue weighted by Gasteiger charge is -2.33. The number of halogens is 1. The van der Waals surface area contributed by atoms with Gasteiger partial charge in [-0.15, -0.1) is 17.0 Å². The van der Waals surface area contributed by atoms with Gasteiger partial charge in [0, 0.05) is 28.9 Å². The number of amidine groups is 1. The number of fused-ring (bicyclic) bond motifs is 2. The first-order valence-electron chi connectivity index (χ1n) is 11.2. The van der Waals surface area contributed by atoms with Crippen LogP contribution in [0.4, 0.5) is 5.69 Å². The number of carboxylic acid groups (broad SMARTS) is 1. The number of hydrogen-bond donors (Lipinski definition) is 2. The van der Waals surface area contributed by atoms with E-state index in [2.05, 4.69) is 4.98 Å². The second-order valence-corrected chi connectivity index (χ2v) is 9.58. The molecule has 0 spiro atoms. The molecule has 0 saturated heterocycles. The summed E-state index contributed by atoms with van der Waals surface area (Å²) in [5, 5.41) is 17.8. The monoisotopic (exact) mass is 544 g/mol. The maximum Gasteiger partial charge on any atom is 0.323 e. The van der Waals surface area contributed by atoms with Crippen molar-refractivity contribution in [1.82, 2.24) is 9.88 Å². The van der Waals surface area contributed by atoms with Crippen LogP contribution in [0.3, 0.4) is 0 Å². The van der Waals surface area contributed by atoms with Crippen LogP contribution < -0.4 is 9.64 Å². The molecule has 2 N–H and O–H groups in total. The van der Waals surface area contributed by atoms with Crippen molar-refractivity contribution in [1.29, 1.82) is 5.41 Å². The van der Waals surface area contributed by atoms with E-state index in [0.717, 1.165) is 22.6 Å². The molecule has 4 rings (SSSR count). The number of benzene rings is 1. The molecule has 0 atom stereocenters. The number of carboxylic acids is 1. The van der Waals surface area contributed by atoms with Crippen molar-refractivity contribution >= 4 is 46.2 Å². The average molecular weight is 545 g/mol. The number of Topliss-reactive ketones (excluding diaryl/α,β-unsaturated/α-hetero) is 1.